The van der Waals surface area contributed by atoms with Gasteiger partial charge < -0.3 is 10.2 Å². The maximum atomic E-state index is 12.2. The van der Waals surface area contributed by atoms with Crippen LogP contribution in [0.15, 0.2) is 36.7 Å². The summed E-state index contributed by atoms with van der Waals surface area (Å²) in [5.74, 6) is 0.347. The van der Waals surface area contributed by atoms with Crippen LogP contribution in [0.5, 0.6) is 0 Å². The third-order valence-corrected chi connectivity index (χ3v) is 6.08. The molecule has 1 aliphatic rings. The van der Waals surface area contributed by atoms with E-state index in [0.29, 0.717) is 28.6 Å². The summed E-state index contributed by atoms with van der Waals surface area (Å²) < 4.78 is 23.2. The van der Waals surface area contributed by atoms with Gasteiger partial charge in [-0.25, -0.2) is 18.4 Å². The Kier molecular flexibility index (Phi) is 4.91. The molecule has 1 fully saturated rings. The fraction of sp³-hybridized carbons (Fsp3) is 0.312. The van der Waals surface area contributed by atoms with Crippen molar-refractivity contribution in [3.8, 4) is 0 Å². The molecule has 1 N–H and O–H groups in total. The van der Waals surface area contributed by atoms with E-state index in [-0.39, 0.29) is 23.5 Å². The average Bonchev–Trinajstić information content (AvgIpc) is 2.96. The zero-order valence-corrected chi connectivity index (χ0v) is 15.1. The van der Waals surface area contributed by atoms with Crippen molar-refractivity contribution in [2.75, 3.05) is 28.8 Å². The van der Waals surface area contributed by atoms with Gasteiger partial charge in [-0.3, -0.25) is 4.79 Å². The zero-order valence-electron chi connectivity index (χ0n) is 13.5. The van der Waals surface area contributed by atoms with Crippen LogP contribution < -0.4 is 10.2 Å². The molecule has 1 aromatic carbocycles. The predicted molar refractivity (Wildman–Crippen MR) is 96.9 cm³/mol. The van der Waals surface area contributed by atoms with Gasteiger partial charge in [-0.2, -0.15) is 0 Å². The maximum Gasteiger partial charge on any atom is 0.258 e. The molecule has 2 heterocycles. The number of amides is 1. The van der Waals surface area contributed by atoms with Crippen LogP contribution in [0.2, 0.25) is 5.02 Å². The summed E-state index contributed by atoms with van der Waals surface area (Å²) in [5.41, 5.74) is 0.929. The van der Waals surface area contributed by atoms with Crippen molar-refractivity contribution in [1.82, 2.24) is 9.97 Å². The number of hydrogen-bond donors (Lipinski definition) is 1. The van der Waals surface area contributed by atoms with E-state index in [1.165, 1.54) is 12.4 Å². The Morgan fingerprint density at radius 3 is 2.44 bits per heavy atom. The molecule has 7 nitrogen and oxygen atoms in total. The lowest BCUT2D eigenvalue weighted by atomic mass is 10.2. The number of hydrogen-bond acceptors (Lipinski definition) is 6. The monoisotopic (exact) mass is 380 g/mol. The van der Waals surface area contributed by atoms with Crippen LogP contribution in [0.1, 0.15) is 16.8 Å². The maximum absolute atomic E-state index is 12.2. The summed E-state index contributed by atoms with van der Waals surface area (Å²) in [5, 5.41) is 3.32. The smallest absolute Gasteiger partial charge is 0.258 e. The number of benzene rings is 1. The second-order valence-electron chi connectivity index (χ2n) is 5.90. The highest BCUT2D eigenvalue weighted by Crippen LogP contribution is 2.20. The average molecular weight is 381 g/mol. The third kappa shape index (κ3) is 4.26. The van der Waals surface area contributed by atoms with Crippen molar-refractivity contribution in [2.24, 2.45) is 0 Å². The predicted octanol–water partition coefficient (Wildman–Crippen LogP) is 2.01. The molecular weight excluding hydrogens is 364 g/mol. The quantitative estimate of drug-likeness (QED) is 0.872. The normalized spacial score (nSPS) is 18.7. The number of sulfone groups is 1. The molecule has 1 unspecified atom stereocenters. The van der Waals surface area contributed by atoms with Gasteiger partial charge in [0, 0.05) is 36.2 Å². The van der Waals surface area contributed by atoms with Crippen LogP contribution in [0.4, 0.5) is 11.6 Å². The highest BCUT2D eigenvalue weighted by molar-refractivity contribution is 7.91. The summed E-state index contributed by atoms with van der Waals surface area (Å²) in [7, 11) is -1.22. The molecule has 0 saturated carbocycles. The standard InChI is InChI=1S/C16H17ClN4O3S/c1-21(14-6-7-25(23,24)10-14)16-18-8-11(9-19-16)15(22)20-13-4-2-12(17)3-5-13/h2-5,8-9,14H,6-7,10H2,1H3,(H,20,22). The summed E-state index contributed by atoms with van der Waals surface area (Å²) >= 11 is 5.81. The zero-order chi connectivity index (χ0) is 18.0. The molecule has 1 aromatic heterocycles. The second kappa shape index (κ2) is 6.97. The summed E-state index contributed by atoms with van der Waals surface area (Å²) in [4.78, 5) is 22.3. The van der Waals surface area contributed by atoms with Crippen molar-refractivity contribution < 1.29 is 13.2 Å². The lowest BCUT2D eigenvalue weighted by molar-refractivity contribution is 0.102. The first-order chi connectivity index (χ1) is 11.8. The Morgan fingerprint density at radius 1 is 1.24 bits per heavy atom. The highest BCUT2D eigenvalue weighted by Gasteiger charge is 2.31. The van der Waals surface area contributed by atoms with Crippen molar-refractivity contribution in [1.29, 1.82) is 0 Å². The van der Waals surface area contributed by atoms with E-state index in [9.17, 15) is 13.2 Å². The summed E-state index contributed by atoms with van der Waals surface area (Å²) in [6, 6.07) is 6.62. The Hall–Kier alpha value is -2.19. The van der Waals surface area contributed by atoms with E-state index in [1.54, 1.807) is 36.2 Å². The molecule has 1 saturated heterocycles. The van der Waals surface area contributed by atoms with E-state index in [4.69, 9.17) is 11.6 Å². The van der Waals surface area contributed by atoms with Gasteiger partial charge in [-0.1, -0.05) is 11.6 Å². The molecule has 132 valence electrons. The SMILES string of the molecule is CN(c1ncc(C(=O)Nc2ccc(Cl)cc2)cn1)C1CCS(=O)(=O)C1. The van der Waals surface area contributed by atoms with Crippen molar-refractivity contribution >= 4 is 39.0 Å². The molecule has 0 aliphatic carbocycles. The van der Waals surface area contributed by atoms with Crippen molar-refractivity contribution in [3.05, 3.63) is 47.2 Å². The van der Waals surface area contributed by atoms with E-state index in [2.05, 4.69) is 15.3 Å². The Labute approximate surface area is 151 Å². The minimum atomic E-state index is -2.98. The molecule has 0 bridgehead atoms. The van der Waals surface area contributed by atoms with Gasteiger partial charge in [0.25, 0.3) is 5.91 Å². The summed E-state index contributed by atoms with van der Waals surface area (Å²) in [6.07, 6.45) is 3.40. The van der Waals surface area contributed by atoms with Gasteiger partial charge in [0.1, 0.15) is 0 Å². The Bertz CT molecular complexity index is 869. The highest BCUT2D eigenvalue weighted by atomic mass is 35.5. The summed E-state index contributed by atoms with van der Waals surface area (Å²) in [6.45, 7) is 0. The molecular formula is C16H17ClN4O3S. The fourth-order valence-electron chi connectivity index (χ4n) is 2.60. The van der Waals surface area contributed by atoms with Gasteiger partial charge in [0.15, 0.2) is 9.84 Å². The fourth-order valence-corrected chi connectivity index (χ4v) is 4.50. The number of carbonyl (C=O) groups is 1. The number of nitrogens with zero attached hydrogens (tertiary/aromatic N) is 3. The Morgan fingerprint density at radius 2 is 1.88 bits per heavy atom. The molecule has 1 atom stereocenters. The van der Waals surface area contributed by atoms with E-state index in [0.717, 1.165) is 0 Å². The van der Waals surface area contributed by atoms with Crippen LogP contribution in [-0.2, 0) is 9.84 Å². The van der Waals surface area contributed by atoms with Gasteiger partial charge in [0.2, 0.25) is 5.95 Å². The van der Waals surface area contributed by atoms with Crippen LogP contribution in [-0.4, -0.2) is 48.9 Å². The van der Waals surface area contributed by atoms with Gasteiger partial charge in [0.05, 0.1) is 17.1 Å². The number of rotatable bonds is 4. The largest absolute Gasteiger partial charge is 0.340 e. The second-order valence-corrected chi connectivity index (χ2v) is 8.57. The molecule has 2 aromatic rings. The van der Waals surface area contributed by atoms with Crippen LogP contribution >= 0.6 is 11.6 Å². The van der Waals surface area contributed by atoms with Gasteiger partial charge in [-0.15, -0.1) is 0 Å². The van der Waals surface area contributed by atoms with Gasteiger partial charge in [-0.05, 0) is 30.7 Å². The molecule has 1 amide bonds. The third-order valence-electron chi connectivity index (χ3n) is 4.07. The van der Waals surface area contributed by atoms with Crippen LogP contribution in [0.25, 0.3) is 0 Å². The minimum absolute atomic E-state index is 0.103. The molecule has 0 radical (unpaired) electrons. The number of anilines is 2. The lowest BCUT2D eigenvalue weighted by Crippen LogP contribution is -2.34. The van der Waals surface area contributed by atoms with E-state index < -0.39 is 9.84 Å². The first-order valence-electron chi connectivity index (χ1n) is 7.66. The first-order valence-corrected chi connectivity index (χ1v) is 9.86. The topological polar surface area (TPSA) is 92.3 Å². The molecule has 1 aliphatic heterocycles. The van der Waals surface area contributed by atoms with Crippen molar-refractivity contribution in [3.63, 3.8) is 0 Å². The molecule has 0 spiro atoms. The van der Waals surface area contributed by atoms with Crippen LogP contribution in [0.3, 0.4) is 0 Å². The molecule has 9 heteroatoms. The number of carbonyl (C=O) groups excluding carboxylic acids is 1. The number of halogens is 1. The molecule has 3 rings (SSSR count). The van der Waals surface area contributed by atoms with E-state index >= 15 is 0 Å². The van der Waals surface area contributed by atoms with E-state index in [1.807, 2.05) is 0 Å². The Balaban J connectivity index is 1.67. The minimum Gasteiger partial charge on any atom is -0.340 e. The molecule has 25 heavy (non-hydrogen) atoms. The lowest BCUT2D eigenvalue weighted by Gasteiger charge is -2.23. The van der Waals surface area contributed by atoms with Gasteiger partial charge >= 0.3 is 0 Å². The van der Waals surface area contributed by atoms with Crippen LogP contribution in [0, 0.1) is 0 Å². The number of nitrogens with one attached hydrogen (secondary N) is 1. The van der Waals surface area contributed by atoms with Crippen molar-refractivity contribution in [2.45, 2.75) is 12.5 Å². The number of aromatic nitrogens is 2. The first kappa shape index (κ1) is 17.6.